The first-order chi connectivity index (χ1) is 14.8. The molecule has 4 rings (SSSR count). The van der Waals surface area contributed by atoms with E-state index in [-0.39, 0.29) is 11.9 Å². The molecule has 0 radical (unpaired) electrons. The van der Waals surface area contributed by atoms with Gasteiger partial charge in [0.05, 0.1) is 6.04 Å². The van der Waals surface area contributed by atoms with Gasteiger partial charge in [-0.15, -0.1) is 0 Å². The normalized spacial score (nSPS) is 24.1. The highest BCUT2D eigenvalue weighted by Crippen LogP contribution is 2.49. The molecule has 2 aliphatic heterocycles. The van der Waals surface area contributed by atoms with E-state index in [0.29, 0.717) is 39.7 Å². The molecular weight excluding hydrogens is 457 g/mol. The van der Waals surface area contributed by atoms with Crippen LogP contribution in [0.4, 0.5) is 5.69 Å². The summed E-state index contributed by atoms with van der Waals surface area (Å²) in [5.74, 6) is -0.102. The molecule has 0 spiro atoms. The number of carbonyl (C=O) groups excluding carboxylic acids is 1. The molecule has 31 heavy (non-hydrogen) atoms. The Morgan fingerprint density at radius 2 is 1.97 bits per heavy atom. The summed E-state index contributed by atoms with van der Waals surface area (Å²) >= 11 is 17.9. The Labute approximate surface area is 196 Å². The first-order valence-corrected chi connectivity index (χ1v) is 11.1. The van der Waals surface area contributed by atoms with Gasteiger partial charge < -0.3 is 25.0 Å². The van der Waals surface area contributed by atoms with E-state index in [1.807, 2.05) is 24.0 Å². The molecule has 0 saturated carbocycles. The van der Waals surface area contributed by atoms with E-state index in [1.165, 1.54) is 0 Å². The summed E-state index contributed by atoms with van der Waals surface area (Å²) < 4.78 is 11.7. The van der Waals surface area contributed by atoms with Gasteiger partial charge in [0.15, 0.2) is 10.8 Å². The van der Waals surface area contributed by atoms with Crippen molar-refractivity contribution in [2.75, 3.05) is 25.6 Å². The predicted molar refractivity (Wildman–Crippen MR) is 126 cm³/mol. The molecule has 0 unspecified atom stereocenters. The number of carbonyl (C=O) groups is 1. The van der Waals surface area contributed by atoms with Crippen LogP contribution in [-0.4, -0.2) is 41.9 Å². The third kappa shape index (κ3) is 4.20. The Morgan fingerprint density at radius 1 is 1.26 bits per heavy atom. The number of fused-ring (bicyclic) bond motifs is 4. The van der Waals surface area contributed by atoms with Gasteiger partial charge in [-0.3, -0.25) is 4.79 Å². The largest absolute Gasteiger partial charge is 0.467 e. The molecule has 2 aromatic rings. The highest BCUT2D eigenvalue weighted by molar-refractivity contribution is 7.80. The van der Waals surface area contributed by atoms with Crippen LogP contribution in [0.15, 0.2) is 42.5 Å². The van der Waals surface area contributed by atoms with Crippen LogP contribution in [0.3, 0.4) is 0 Å². The van der Waals surface area contributed by atoms with E-state index in [9.17, 15) is 4.79 Å². The van der Waals surface area contributed by atoms with E-state index in [4.69, 9.17) is 44.9 Å². The topological polar surface area (TPSA) is 62.8 Å². The first kappa shape index (κ1) is 22.1. The lowest BCUT2D eigenvalue weighted by molar-refractivity contribution is -0.149. The van der Waals surface area contributed by atoms with Crippen molar-refractivity contribution in [2.24, 2.45) is 5.92 Å². The molecule has 2 bridgehead atoms. The van der Waals surface area contributed by atoms with Crippen LogP contribution in [0.25, 0.3) is 0 Å². The second-order valence-corrected chi connectivity index (χ2v) is 9.00. The first-order valence-electron chi connectivity index (χ1n) is 9.95. The van der Waals surface area contributed by atoms with Crippen molar-refractivity contribution in [1.82, 2.24) is 10.2 Å². The Kier molecular flexibility index (Phi) is 6.30. The van der Waals surface area contributed by atoms with Crippen LogP contribution < -0.4 is 15.4 Å². The van der Waals surface area contributed by atoms with Gasteiger partial charge in [-0.05, 0) is 68.0 Å². The van der Waals surface area contributed by atoms with Crippen LogP contribution >= 0.6 is 35.4 Å². The number of thiocarbonyl (C=S) groups is 1. The second kappa shape index (κ2) is 8.82. The average molecular weight is 480 g/mol. The van der Waals surface area contributed by atoms with Gasteiger partial charge in [-0.1, -0.05) is 23.2 Å². The van der Waals surface area contributed by atoms with E-state index in [0.717, 1.165) is 12.0 Å². The number of benzene rings is 2. The molecule has 2 aliphatic rings. The fraction of sp³-hybridized carbons (Fsp3) is 0.364. The summed E-state index contributed by atoms with van der Waals surface area (Å²) in [6, 6.07) is 12.0. The summed E-state index contributed by atoms with van der Waals surface area (Å²) in [5.41, 5.74) is 0.472. The monoisotopic (exact) mass is 479 g/mol. The van der Waals surface area contributed by atoms with Crippen LogP contribution in [0.2, 0.25) is 10.0 Å². The number of halogens is 2. The molecule has 2 aromatic carbocycles. The molecular formula is C22H23Cl2N3O3S. The van der Waals surface area contributed by atoms with E-state index >= 15 is 0 Å². The summed E-state index contributed by atoms with van der Waals surface area (Å²) in [7, 11) is 1.66. The zero-order valence-corrected chi connectivity index (χ0v) is 19.5. The van der Waals surface area contributed by atoms with Gasteiger partial charge in [0.2, 0.25) is 5.91 Å². The van der Waals surface area contributed by atoms with Crippen LogP contribution in [-0.2, 0) is 9.53 Å². The van der Waals surface area contributed by atoms with Gasteiger partial charge in [-0.25, -0.2) is 0 Å². The fourth-order valence-electron chi connectivity index (χ4n) is 4.27. The van der Waals surface area contributed by atoms with Crippen molar-refractivity contribution in [3.63, 3.8) is 0 Å². The summed E-state index contributed by atoms with van der Waals surface area (Å²) in [5, 5.41) is 8.05. The summed E-state index contributed by atoms with van der Waals surface area (Å²) in [4.78, 5) is 15.5. The standard InChI is InChI=1S/C22H23Cl2N3O3S/c1-22-18(20(28)25-15-7-4-13(23)5-8-15)19(16-12-14(24)6-9-17(16)30-22)26-21(31)27(22)10-3-11-29-2/h4-9,12,18-19H,3,10-11H2,1-2H3,(H,25,28)(H,26,31)/t18-,19+,22+/m1/s1. The number of hydrogen-bond acceptors (Lipinski definition) is 4. The molecule has 2 N–H and O–H groups in total. The Balaban J connectivity index is 1.72. The number of rotatable bonds is 6. The smallest absolute Gasteiger partial charge is 0.236 e. The Bertz CT molecular complexity index is 1000. The van der Waals surface area contributed by atoms with Crippen molar-refractivity contribution in [3.05, 3.63) is 58.1 Å². The minimum atomic E-state index is -0.988. The summed E-state index contributed by atoms with van der Waals surface area (Å²) in [6.07, 6.45) is 0.737. The number of nitrogens with one attached hydrogen (secondary N) is 2. The molecule has 164 valence electrons. The lowest BCUT2D eigenvalue weighted by atomic mass is 9.78. The quantitative estimate of drug-likeness (QED) is 0.465. The average Bonchev–Trinajstić information content (AvgIpc) is 2.72. The molecule has 1 saturated heterocycles. The van der Waals surface area contributed by atoms with Crippen molar-refractivity contribution in [1.29, 1.82) is 0 Å². The lowest BCUT2D eigenvalue weighted by Crippen LogP contribution is -2.71. The number of methoxy groups -OCH3 is 1. The Morgan fingerprint density at radius 3 is 2.68 bits per heavy atom. The van der Waals surface area contributed by atoms with E-state index in [1.54, 1.807) is 37.4 Å². The molecule has 1 fully saturated rings. The van der Waals surface area contributed by atoms with Crippen LogP contribution in [0.5, 0.6) is 5.75 Å². The number of hydrogen-bond donors (Lipinski definition) is 2. The molecule has 0 aromatic heterocycles. The SMILES string of the molecule is COCCCN1C(=S)N[C@H]2c3cc(Cl)ccc3O[C@@]1(C)[C@H]2C(=O)Nc1ccc(Cl)cc1. The third-order valence-corrected chi connectivity index (χ3v) is 6.54. The highest BCUT2D eigenvalue weighted by atomic mass is 35.5. The van der Waals surface area contributed by atoms with Crippen molar-refractivity contribution < 1.29 is 14.3 Å². The molecule has 3 atom stereocenters. The minimum absolute atomic E-state index is 0.188. The Hall–Kier alpha value is -2.06. The highest BCUT2D eigenvalue weighted by Gasteiger charge is 2.58. The maximum Gasteiger partial charge on any atom is 0.236 e. The van der Waals surface area contributed by atoms with Crippen molar-refractivity contribution in [2.45, 2.75) is 25.1 Å². The zero-order chi connectivity index (χ0) is 22.2. The maximum absolute atomic E-state index is 13.6. The number of amides is 1. The van der Waals surface area contributed by atoms with E-state index < -0.39 is 11.6 Å². The fourth-order valence-corrected chi connectivity index (χ4v) is 4.97. The molecule has 9 heteroatoms. The maximum atomic E-state index is 13.6. The van der Waals surface area contributed by atoms with Gasteiger partial charge in [0, 0.05) is 41.6 Å². The molecule has 2 heterocycles. The van der Waals surface area contributed by atoms with Gasteiger partial charge >= 0.3 is 0 Å². The third-order valence-electron chi connectivity index (χ3n) is 5.72. The van der Waals surface area contributed by atoms with Crippen LogP contribution in [0.1, 0.15) is 24.9 Å². The van der Waals surface area contributed by atoms with Crippen molar-refractivity contribution >= 4 is 52.1 Å². The minimum Gasteiger partial charge on any atom is -0.467 e. The van der Waals surface area contributed by atoms with Gasteiger partial charge in [0.25, 0.3) is 0 Å². The van der Waals surface area contributed by atoms with E-state index in [2.05, 4.69) is 10.6 Å². The zero-order valence-electron chi connectivity index (χ0n) is 17.2. The van der Waals surface area contributed by atoms with Gasteiger partial charge in [-0.2, -0.15) is 0 Å². The summed E-state index contributed by atoms with van der Waals surface area (Å²) in [6.45, 7) is 3.06. The molecule has 0 aliphatic carbocycles. The number of ether oxygens (including phenoxy) is 2. The predicted octanol–water partition coefficient (Wildman–Crippen LogP) is 4.62. The number of anilines is 1. The lowest BCUT2D eigenvalue weighted by Gasteiger charge is -2.56. The second-order valence-electron chi connectivity index (χ2n) is 7.74. The van der Waals surface area contributed by atoms with Gasteiger partial charge in [0.1, 0.15) is 11.7 Å². The van der Waals surface area contributed by atoms with Crippen LogP contribution in [0, 0.1) is 5.92 Å². The number of nitrogens with zero attached hydrogens (tertiary/aromatic N) is 1. The molecule has 6 nitrogen and oxygen atoms in total. The molecule has 1 amide bonds. The van der Waals surface area contributed by atoms with Crippen molar-refractivity contribution in [3.8, 4) is 5.75 Å².